The van der Waals surface area contributed by atoms with Crippen LogP contribution in [0.5, 0.6) is 11.5 Å². The van der Waals surface area contributed by atoms with Crippen LogP contribution in [0.25, 0.3) is 0 Å². The van der Waals surface area contributed by atoms with Gasteiger partial charge in [0.2, 0.25) is 0 Å². The quantitative estimate of drug-likeness (QED) is 0.131. The summed E-state index contributed by atoms with van der Waals surface area (Å²) in [6.07, 6.45) is 2.12. The van der Waals surface area contributed by atoms with Gasteiger partial charge in [-0.3, -0.25) is 19.4 Å². The smallest absolute Gasteiger partial charge is 0.262 e. The number of unbranched alkanes of at least 4 members (excludes halogenated alkanes) is 1. The van der Waals surface area contributed by atoms with E-state index in [-0.39, 0.29) is 11.8 Å². The Morgan fingerprint density at radius 1 is 0.469 bits per heavy atom. The molecule has 0 N–H and O–H groups in total. The molecule has 0 saturated heterocycles. The first-order valence-electron chi connectivity index (χ1n) is 16.3. The highest BCUT2D eigenvalue weighted by atomic mass is 16.5. The Morgan fingerprint density at radius 2 is 0.796 bits per heavy atom. The van der Waals surface area contributed by atoms with Gasteiger partial charge >= 0.3 is 0 Å². The fourth-order valence-electron chi connectivity index (χ4n) is 5.10. The molecule has 0 aliphatic rings. The summed E-state index contributed by atoms with van der Waals surface area (Å²) in [4.78, 5) is 29.7. The molecule has 0 radical (unpaired) electrons. The Kier molecular flexibility index (Phi) is 12.3. The summed E-state index contributed by atoms with van der Waals surface area (Å²) in [6.45, 7) is 2.83. The number of amides is 2. The first-order valence-corrected chi connectivity index (χ1v) is 16.3. The van der Waals surface area contributed by atoms with E-state index in [1.165, 1.54) is 0 Å². The number of hydrogen-bond acceptors (Lipinski definition) is 4. The van der Waals surface area contributed by atoms with E-state index >= 15 is 0 Å². The second-order valence-corrected chi connectivity index (χ2v) is 11.1. The molecule has 0 bridgehead atoms. The molecule has 246 valence electrons. The zero-order valence-corrected chi connectivity index (χ0v) is 27.8. The molecule has 0 fully saturated rings. The monoisotopic (exact) mass is 648 g/mol. The van der Waals surface area contributed by atoms with Gasteiger partial charge < -0.3 is 9.47 Å². The molecule has 6 aromatic rings. The van der Waals surface area contributed by atoms with E-state index in [4.69, 9.17) is 9.47 Å². The summed E-state index contributed by atoms with van der Waals surface area (Å²) in [7, 11) is 1.61. The lowest BCUT2D eigenvalue weighted by Crippen LogP contribution is -2.25. The average molecular weight is 649 g/mol. The van der Waals surface area contributed by atoms with E-state index < -0.39 is 0 Å². The van der Waals surface area contributed by atoms with E-state index in [2.05, 4.69) is 6.92 Å². The van der Waals surface area contributed by atoms with Gasteiger partial charge in [0.05, 0.1) is 13.7 Å². The molecular formula is C43H40N2O4. The first-order chi connectivity index (χ1) is 24.1. The van der Waals surface area contributed by atoms with Crippen LogP contribution in [-0.4, -0.2) is 25.5 Å². The fourth-order valence-corrected chi connectivity index (χ4v) is 5.10. The fraction of sp³-hybridized carbons (Fsp3) is 0.116. The minimum atomic E-state index is -0.0787. The van der Waals surface area contributed by atoms with Crippen LogP contribution in [0.2, 0.25) is 0 Å². The van der Waals surface area contributed by atoms with Crippen molar-refractivity contribution in [1.29, 1.82) is 0 Å². The third-order valence-corrected chi connectivity index (χ3v) is 7.67. The Labute approximate surface area is 288 Å². The van der Waals surface area contributed by atoms with Gasteiger partial charge in [0.25, 0.3) is 11.8 Å². The number of carbonyl (C=O) groups excluding carboxylic acids is 2. The molecule has 2 amide bonds. The Bertz CT molecular complexity index is 1790. The summed E-state index contributed by atoms with van der Waals surface area (Å²) < 4.78 is 10.8. The molecule has 0 saturated carbocycles. The normalized spacial score (nSPS) is 10.2. The van der Waals surface area contributed by atoms with E-state index in [1.54, 1.807) is 41.2 Å². The largest absolute Gasteiger partial charge is 0.497 e. The minimum Gasteiger partial charge on any atom is -0.497 e. The summed E-state index contributed by atoms with van der Waals surface area (Å²) >= 11 is 0. The van der Waals surface area contributed by atoms with Crippen molar-refractivity contribution in [3.8, 4) is 11.5 Å². The zero-order chi connectivity index (χ0) is 34.3. The van der Waals surface area contributed by atoms with Crippen LogP contribution in [0.15, 0.2) is 170 Å². The number of hydrogen-bond donors (Lipinski definition) is 0. The standard InChI is InChI=1S/C23H23NO2.C20H17NO2/c1-2-3-18-26-22-16-14-19(15-17-22)23(25)24(20-10-6-4-7-11-20)21-12-8-5-9-13-21;1-23-19-14-12-16(13-15-19)20(22)21(17-8-4-2-5-9-17)18-10-6-3-7-11-18/h4-17H,2-3,18H2,1H3;2-15H,1H3. The maximum absolute atomic E-state index is 13.2. The van der Waals surface area contributed by atoms with Crippen LogP contribution in [0.3, 0.4) is 0 Å². The third kappa shape index (κ3) is 9.24. The molecule has 0 aliphatic heterocycles. The lowest BCUT2D eigenvalue weighted by molar-refractivity contribution is 0.0991. The van der Waals surface area contributed by atoms with Gasteiger partial charge in [-0.2, -0.15) is 0 Å². The van der Waals surface area contributed by atoms with E-state index in [1.807, 2.05) is 146 Å². The Morgan fingerprint density at radius 3 is 1.10 bits per heavy atom. The number of nitrogens with zero attached hydrogens (tertiary/aromatic N) is 2. The first kappa shape index (κ1) is 34.2. The summed E-state index contributed by atoms with van der Waals surface area (Å²) in [5, 5.41) is 0. The van der Waals surface area contributed by atoms with Crippen molar-refractivity contribution in [3.63, 3.8) is 0 Å². The second kappa shape index (κ2) is 17.7. The van der Waals surface area contributed by atoms with Gasteiger partial charge in [-0.25, -0.2) is 0 Å². The second-order valence-electron chi connectivity index (χ2n) is 11.1. The molecule has 6 rings (SSSR count). The maximum atomic E-state index is 13.2. The molecule has 6 nitrogen and oxygen atoms in total. The molecule has 0 atom stereocenters. The van der Waals surface area contributed by atoms with Crippen LogP contribution in [-0.2, 0) is 0 Å². The lowest BCUT2D eigenvalue weighted by Gasteiger charge is -2.23. The van der Waals surface area contributed by atoms with Crippen molar-refractivity contribution in [3.05, 3.63) is 181 Å². The molecule has 6 heteroatoms. The topological polar surface area (TPSA) is 59.1 Å². The molecule has 0 aromatic heterocycles. The predicted molar refractivity (Wildman–Crippen MR) is 199 cm³/mol. The van der Waals surface area contributed by atoms with Crippen molar-refractivity contribution in [2.45, 2.75) is 19.8 Å². The maximum Gasteiger partial charge on any atom is 0.262 e. The Balaban J connectivity index is 0.000000192. The average Bonchev–Trinajstić information content (AvgIpc) is 3.17. The van der Waals surface area contributed by atoms with Gasteiger partial charge in [0.1, 0.15) is 11.5 Å². The van der Waals surface area contributed by atoms with Crippen molar-refractivity contribution < 1.29 is 19.1 Å². The van der Waals surface area contributed by atoms with Gasteiger partial charge in [0.15, 0.2) is 0 Å². The summed E-state index contributed by atoms with van der Waals surface area (Å²) in [6, 6.07) is 53.1. The number of methoxy groups -OCH3 is 1. The highest BCUT2D eigenvalue weighted by molar-refractivity contribution is 6.11. The van der Waals surface area contributed by atoms with Crippen molar-refractivity contribution >= 4 is 34.6 Å². The van der Waals surface area contributed by atoms with Crippen LogP contribution in [0, 0.1) is 0 Å². The summed E-state index contributed by atoms with van der Waals surface area (Å²) in [5.74, 6) is 1.38. The van der Waals surface area contributed by atoms with Gasteiger partial charge in [-0.15, -0.1) is 0 Å². The van der Waals surface area contributed by atoms with E-state index in [9.17, 15) is 9.59 Å². The molecule has 6 aromatic carbocycles. The molecule has 0 heterocycles. The van der Waals surface area contributed by atoms with Crippen LogP contribution in [0.4, 0.5) is 22.7 Å². The zero-order valence-electron chi connectivity index (χ0n) is 27.8. The van der Waals surface area contributed by atoms with E-state index in [0.717, 1.165) is 47.1 Å². The number of ether oxygens (including phenoxy) is 2. The van der Waals surface area contributed by atoms with E-state index in [0.29, 0.717) is 17.7 Å². The van der Waals surface area contributed by atoms with Crippen LogP contribution < -0.4 is 19.3 Å². The van der Waals surface area contributed by atoms with Crippen LogP contribution in [0.1, 0.15) is 40.5 Å². The SMILES string of the molecule is CCCCOc1ccc(C(=O)N(c2ccccc2)c2ccccc2)cc1.COc1ccc(C(=O)N(c2ccccc2)c2ccccc2)cc1. The van der Waals surface area contributed by atoms with Gasteiger partial charge in [-0.05, 0) is 103 Å². The highest BCUT2D eigenvalue weighted by Gasteiger charge is 2.20. The van der Waals surface area contributed by atoms with Crippen LogP contribution >= 0.6 is 0 Å². The third-order valence-electron chi connectivity index (χ3n) is 7.67. The van der Waals surface area contributed by atoms with Gasteiger partial charge in [0, 0.05) is 33.9 Å². The number of para-hydroxylation sites is 4. The van der Waals surface area contributed by atoms with Crippen molar-refractivity contribution in [1.82, 2.24) is 0 Å². The number of rotatable bonds is 11. The number of anilines is 4. The Hall–Kier alpha value is -6.14. The molecule has 0 unspecified atom stereocenters. The van der Waals surface area contributed by atoms with Gasteiger partial charge in [-0.1, -0.05) is 86.1 Å². The molecule has 0 spiro atoms. The van der Waals surface area contributed by atoms with Crippen molar-refractivity contribution in [2.24, 2.45) is 0 Å². The highest BCUT2D eigenvalue weighted by Crippen LogP contribution is 2.29. The molecule has 0 aliphatic carbocycles. The minimum absolute atomic E-state index is 0.0671. The number of benzene rings is 6. The predicted octanol–water partition coefficient (Wildman–Crippen LogP) is 10.5. The lowest BCUT2D eigenvalue weighted by atomic mass is 10.1. The molecular weight excluding hydrogens is 608 g/mol. The number of carbonyl (C=O) groups is 2. The molecule has 49 heavy (non-hydrogen) atoms. The van der Waals surface area contributed by atoms with Crippen molar-refractivity contribution in [2.75, 3.05) is 23.5 Å². The summed E-state index contributed by atoms with van der Waals surface area (Å²) in [5.41, 5.74) is 4.58.